The zero-order valence-corrected chi connectivity index (χ0v) is 34.2. The van der Waals surface area contributed by atoms with E-state index in [-0.39, 0.29) is 32.8 Å². The number of ether oxygens (including phenoxy) is 2. The number of phosphoric acid groups is 1. The van der Waals surface area contributed by atoms with E-state index in [1.165, 1.54) is 77.0 Å². The molecule has 9 nitrogen and oxygen atoms in total. The Morgan fingerprint density at radius 1 is 0.679 bits per heavy atom. The minimum Gasteiger partial charge on any atom is -0.498 e. The number of nitrogens with two attached hydrogens (primary N) is 1. The quantitative estimate of drug-likeness (QED) is 0.0140. The number of aliphatic hydroxyl groups is 1. The molecule has 0 amide bonds. The van der Waals surface area contributed by atoms with Gasteiger partial charge < -0.3 is 25.2 Å². The second-order valence-corrected chi connectivity index (χ2v) is 14.9. The number of aliphatic hydroxyl groups excluding tert-OH is 1. The fraction of sp³-hybridized carbons (Fsp3) is 0.698. The van der Waals surface area contributed by atoms with E-state index in [2.05, 4.69) is 32.1 Å². The van der Waals surface area contributed by atoms with Crippen LogP contribution < -0.4 is 5.73 Å². The normalized spacial score (nSPS) is 14.8. The van der Waals surface area contributed by atoms with E-state index in [1.54, 1.807) is 12.3 Å². The van der Waals surface area contributed by atoms with Crippen LogP contribution in [0.2, 0.25) is 0 Å². The maximum Gasteiger partial charge on any atom is 0.472 e. The van der Waals surface area contributed by atoms with E-state index in [0.29, 0.717) is 19.3 Å². The SMILES string of the molecule is CCCCC/C=C\C[C@H](O)/C=C/C=C\C/C=C\CCCC(=O)O[C@H](CO/C=C\CCCCCC/C=C\CCCCCCCC)COP(=O)(O)OCCN. The van der Waals surface area contributed by atoms with Crippen LogP contribution in [0.25, 0.3) is 0 Å². The predicted molar refractivity (Wildman–Crippen MR) is 220 cm³/mol. The molecule has 0 aliphatic carbocycles. The Morgan fingerprint density at radius 2 is 1.25 bits per heavy atom. The Labute approximate surface area is 323 Å². The van der Waals surface area contributed by atoms with Gasteiger partial charge in [0.25, 0.3) is 0 Å². The molecule has 0 aliphatic heterocycles. The second-order valence-electron chi connectivity index (χ2n) is 13.4. The van der Waals surface area contributed by atoms with E-state index in [4.69, 9.17) is 24.3 Å². The molecule has 0 aliphatic rings. The van der Waals surface area contributed by atoms with Gasteiger partial charge in [0, 0.05) is 13.0 Å². The first-order valence-corrected chi connectivity index (χ1v) is 22.1. The van der Waals surface area contributed by atoms with Gasteiger partial charge in [-0.1, -0.05) is 132 Å². The van der Waals surface area contributed by atoms with Crippen molar-refractivity contribution < 1.29 is 37.9 Å². The summed E-state index contributed by atoms with van der Waals surface area (Å²) in [6, 6.07) is 0. The van der Waals surface area contributed by atoms with Crippen LogP contribution in [-0.2, 0) is 27.9 Å². The Morgan fingerprint density at radius 3 is 1.92 bits per heavy atom. The highest BCUT2D eigenvalue weighted by atomic mass is 31.2. The highest BCUT2D eigenvalue weighted by Gasteiger charge is 2.25. The van der Waals surface area contributed by atoms with Crippen LogP contribution in [0.5, 0.6) is 0 Å². The lowest BCUT2D eigenvalue weighted by Crippen LogP contribution is -2.27. The standard InChI is InChI=1S/C43H76NO8P/c1-3-5-7-9-11-12-13-14-15-16-17-18-21-24-28-32-37-49-39-42(40-51-53(47,48)50-38-36-44)52-43(46)35-31-27-23-20-19-22-26-30-34-41(45)33-29-25-10-8-6-4-2/h14-15,20,22-23,25-26,29-30,32,34,37,41-42,45H,3-13,16-19,21,24,27-28,31,33,35-36,38-40,44H2,1-2H3,(H,47,48)/b15-14-,23-20-,26-22-,29-25-,34-30+,37-32-/t41-,42+/m0/s1. The van der Waals surface area contributed by atoms with E-state index >= 15 is 0 Å². The first-order valence-electron chi connectivity index (χ1n) is 20.6. The molecule has 10 heteroatoms. The number of unbranched alkanes of at least 4 members (excludes halogenated alkanes) is 15. The third-order valence-corrected chi connectivity index (χ3v) is 9.22. The summed E-state index contributed by atoms with van der Waals surface area (Å²) in [7, 11) is -4.33. The van der Waals surface area contributed by atoms with E-state index in [9.17, 15) is 19.4 Å². The van der Waals surface area contributed by atoms with E-state index < -0.39 is 26.0 Å². The van der Waals surface area contributed by atoms with Gasteiger partial charge in [0.2, 0.25) is 0 Å². The van der Waals surface area contributed by atoms with Gasteiger partial charge in [-0.05, 0) is 83.1 Å². The van der Waals surface area contributed by atoms with Crippen molar-refractivity contribution in [3.05, 3.63) is 73.1 Å². The Balaban J connectivity index is 4.32. The molecule has 0 saturated heterocycles. The minimum atomic E-state index is -4.33. The van der Waals surface area contributed by atoms with Crippen molar-refractivity contribution in [3.8, 4) is 0 Å². The van der Waals surface area contributed by atoms with E-state index in [0.717, 1.165) is 38.5 Å². The number of carbonyl (C=O) groups excluding carboxylic acids is 1. The van der Waals surface area contributed by atoms with Crippen molar-refractivity contribution in [1.29, 1.82) is 0 Å². The number of carbonyl (C=O) groups is 1. The molecule has 0 radical (unpaired) electrons. The maximum absolute atomic E-state index is 12.5. The number of esters is 1. The van der Waals surface area contributed by atoms with Crippen molar-refractivity contribution in [3.63, 3.8) is 0 Å². The van der Waals surface area contributed by atoms with Gasteiger partial charge in [0.1, 0.15) is 6.61 Å². The largest absolute Gasteiger partial charge is 0.498 e. The van der Waals surface area contributed by atoms with Crippen LogP contribution >= 0.6 is 7.82 Å². The van der Waals surface area contributed by atoms with Crippen molar-refractivity contribution in [2.24, 2.45) is 5.73 Å². The average Bonchev–Trinajstić information content (AvgIpc) is 3.14. The van der Waals surface area contributed by atoms with Crippen molar-refractivity contribution in [2.75, 3.05) is 26.4 Å². The molecule has 0 saturated carbocycles. The molecule has 306 valence electrons. The molecule has 3 atom stereocenters. The number of hydrogen-bond donors (Lipinski definition) is 3. The van der Waals surface area contributed by atoms with Gasteiger partial charge in [0.15, 0.2) is 6.10 Å². The topological polar surface area (TPSA) is 138 Å². The first-order chi connectivity index (χ1) is 25.8. The molecular weight excluding hydrogens is 689 g/mol. The lowest BCUT2D eigenvalue weighted by molar-refractivity contribution is -0.153. The summed E-state index contributed by atoms with van der Waals surface area (Å²) in [5.41, 5.74) is 5.35. The van der Waals surface area contributed by atoms with Crippen LogP contribution in [0.3, 0.4) is 0 Å². The second kappa shape index (κ2) is 39.4. The molecule has 0 bridgehead atoms. The molecule has 53 heavy (non-hydrogen) atoms. The van der Waals surface area contributed by atoms with Crippen LogP contribution in [0, 0.1) is 0 Å². The van der Waals surface area contributed by atoms with Gasteiger partial charge in [-0.25, -0.2) is 4.57 Å². The minimum absolute atomic E-state index is 0.0162. The smallest absolute Gasteiger partial charge is 0.472 e. The maximum atomic E-state index is 12.5. The predicted octanol–water partition coefficient (Wildman–Crippen LogP) is 11.3. The summed E-state index contributed by atoms with van der Waals surface area (Å²) >= 11 is 0. The highest BCUT2D eigenvalue weighted by Crippen LogP contribution is 2.43. The molecule has 0 aromatic rings. The summed E-state index contributed by atoms with van der Waals surface area (Å²) in [4.78, 5) is 22.4. The Kier molecular flexibility index (Phi) is 37.8. The monoisotopic (exact) mass is 766 g/mol. The Bertz CT molecular complexity index is 1050. The molecule has 0 aromatic carbocycles. The average molecular weight is 766 g/mol. The molecule has 0 spiro atoms. The number of phosphoric ester groups is 1. The lowest BCUT2D eigenvalue weighted by atomic mass is 10.1. The van der Waals surface area contributed by atoms with Gasteiger partial charge in [-0.15, -0.1) is 0 Å². The third-order valence-electron chi connectivity index (χ3n) is 8.24. The van der Waals surface area contributed by atoms with Gasteiger partial charge in [0.05, 0.1) is 25.6 Å². The van der Waals surface area contributed by atoms with Crippen molar-refractivity contribution in [1.82, 2.24) is 0 Å². The summed E-state index contributed by atoms with van der Waals surface area (Å²) < 4.78 is 33.0. The summed E-state index contributed by atoms with van der Waals surface area (Å²) in [5, 5.41) is 10.0. The molecule has 0 aromatic heterocycles. The van der Waals surface area contributed by atoms with E-state index in [1.807, 2.05) is 42.5 Å². The molecule has 0 fully saturated rings. The lowest BCUT2D eigenvalue weighted by Gasteiger charge is -2.19. The van der Waals surface area contributed by atoms with Crippen LogP contribution in [0.15, 0.2) is 73.1 Å². The molecule has 4 N–H and O–H groups in total. The highest BCUT2D eigenvalue weighted by molar-refractivity contribution is 7.47. The zero-order valence-electron chi connectivity index (χ0n) is 33.3. The van der Waals surface area contributed by atoms with Crippen LogP contribution in [0.1, 0.15) is 155 Å². The fourth-order valence-corrected chi connectivity index (χ4v) is 5.91. The molecule has 1 unspecified atom stereocenters. The summed E-state index contributed by atoms with van der Waals surface area (Å²) in [5.74, 6) is -0.438. The molecular formula is C43H76NO8P. The number of hydrogen-bond acceptors (Lipinski definition) is 8. The number of allylic oxidation sites excluding steroid dienone is 9. The number of rotatable bonds is 38. The van der Waals surface area contributed by atoms with Crippen LogP contribution in [0.4, 0.5) is 0 Å². The molecule has 0 rings (SSSR count). The van der Waals surface area contributed by atoms with Crippen molar-refractivity contribution in [2.45, 2.75) is 167 Å². The zero-order chi connectivity index (χ0) is 38.9. The summed E-state index contributed by atoms with van der Waals surface area (Å²) in [6.07, 6.45) is 46.1. The third kappa shape index (κ3) is 39.3. The molecule has 0 heterocycles. The van der Waals surface area contributed by atoms with Gasteiger partial charge in [-0.2, -0.15) is 0 Å². The fourth-order valence-electron chi connectivity index (χ4n) is 5.15. The van der Waals surface area contributed by atoms with Gasteiger partial charge in [-0.3, -0.25) is 13.8 Å². The Hall–Kier alpha value is -2.26. The van der Waals surface area contributed by atoms with Crippen LogP contribution in [-0.4, -0.2) is 54.5 Å². The first kappa shape index (κ1) is 50.7. The van der Waals surface area contributed by atoms with Gasteiger partial charge >= 0.3 is 13.8 Å². The van der Waals surface area contributed by atoms with Crippen molar-refractivity contribution >= 4 is 13.8 Å². The summed E-state index contributed by atoms with van der Waals surface area (Å²) in [6.45, 7) is 4.02.